The van der Waals surface area contributed by atoms with Crippen LogP contribution < -0.4 is 4.90 Å². The van der Waals surface area contributed by atoms with E-state index >= 15 is 0 Å². The summed E-state index contributed by atoms with van der Waals surface area (Å²) in [7, 11) is 0. The standard InChI is InChI=1S/C22H22Cl2FN5/c1-16-17(15-27-30(16)22-21(24)5-2-6-26-22)4-3-7-28-8-10-29(11-9-28)20-13-18(23)12-19(25)14-20/h2-6,12-15H,7-11H2,1H3/b4-3+. The summed E-state index contributed by atoms with van der Waals surface area (Å²) in [6.07, 6.45) is 7.75. The second-order valence-corrected chi connectivity index (χ2v) is 8.07. The molecule has 1 saturated heterocycles. The number of aromatic nitrogens is 3. The van der Waals surface area contributed by atoms with Gasteiger partial charge in [-0.25, -0.2) is 14.1 Å². The number of anilines is 1. The van der Waals surface area contributed by atoms with Gasteiger partial charge in [0.05, 0.1) is 16.9 Å². The Kier molecular flexibility index (Phi) is 6.37. The van der Waals surface area contributed by atoms with Crippen LogP contribution in [0, 0.1) is 12.7 Å². The fourth-order valence-corrected chi connectivity index (χ4v) is 3.99. The molecule has 0 N–H and O–H groups in total. The molecule has 0 amide bonds. The maximum absolute atomic E-state index is 13.6. The molecule has 0 atom stereocenters. The Morgan fingerprint density at radius 3 is 2.67 bits per heavy atom. The van der Waals surface area contributed by atoms with Crippen molar-refractivity contribution in [3.05, 3.63) is 75.9 Å². The minimum absolute atomic E-state index is 0.300. The van der Waals surface area contributed by atoms with Crippen LogP contribution in [0.3, 0.4) is 0 Å². The molecule has 1 fully saturated rings. The smallest absolute Gasteiger partial charge is 0.172 e. The normalized spacial score (nSPS) is 15.3. The van der Waals surface area contributed by atoms with Gasteiger partial charge in [-0.05, 0) is 37.3 Å². The van der Waals surface area contributed by atoms with Gasteiger partial charge in [-0.3, -0.25) is 4.90 Å². The first kappa shape index (κ1) is 20.8. The van der Waals surface area contributed by atoms with E-state index in [0.717, 1.165) is 49.7 Å². The number of pyridine rings is 1. The fraction of sp³-hybridized carbons (Fsp3) is 0.273. The summed E-state index contributed by atoms with van der Waals surface area (Å²) in [4.78, 5) is 8.85. The maximum Gasteiger partial charge on any atom is 0.172 e. The number of hydrogen-bond acceptors (Lipinski definition) is 4. The highest BCUT2D eigenvalue weighted by atomic mass is 35.5. The van der Waals surface area contributed by atoms with Crippen LogP contribution in [0.25, 0.3) is 11.9 Å². The van der Waals surface area contributed by atoms with E-state index in [2.05, 4.69) is 32.0 Å². The minimum atomic E-state index is -0.300. The zero-order valence-corrected chi connectivity index (χ0v) is 18.1. The van der Waals surface area contributed by atoms with Crippen molar-refractivity contribution < 1.29 is 4.39 Å². The third-order valence-corrected chi connectivity index (χ3v) is 5.75. The van der Waals surface area contributed by atoms with Gasteiger partial charge >= 0.3 is 0 Å². The van der Waals surface area contributed by atoms with E-state index in [1.165, 1.54) is 12.1 Å². The Balaban J connectivity index is 1.34. The lowest BCUT2D eigenvalue weighted by Gasteiger charge is -2.35. The second-order valence-electron chi connectivity index (χ2n) is 7.22. The number of halogens is 3. The van der Waals surface area contributed by atoms with Crippen LogP contribution in [-0.2, 0) is 0 Å². The zero-order valence-electron chi connectivity index (χ0n) is 16.6. The highest BCUT2D eigenvalue weighted by Crippen LogP contribution is 2.23. The topological polar surface area (TPSA) is 37.2 Å². The van der Waals surface area contributed by atoms with Gasteiger partial charge in [0.25, 0.3) is 0 Å². The summed E-state index contributed by atoms with van der Waals surface area (Å²) in [6, 6.07) is 8.29. The highest BCUT2D eigenvalue weighted by molar-refractivity contribution is 6.32. The van der Waals surface area contributed by atoms with Crippen molar-refractivity contribution in [2.75, 3.05) is 37.6 Å². The second kappa shape index (κ2) is 9.16. The Bertz CT molecular complexity index is 1040. The lowest BCUT2D eigenvalue weighted by Crippen LogP contribution is -2.46. The van der Waals surface area contributed by atoms with Crippen molar-refractivity contribution in [2.24, 2.45) is 0 Å². The molecule has 30 heavy (non-hydrogen) atoms. The molecule has 0 bridgehead atoms. The monoisotopic (exact) mass is 445 g/mol. The fourth-order valence-electron chi connectivity index (χ4n) is 3.57. The summed E-state index contributed by atoms with van der Waals surface area (Å²) in [5.74, 6) is 0.329. The molecule has 2 aromatic heterocycles. The molecule has 0 spiro atoms. The molecule has 0 unspecified atom stereocenters. The van der Waals surface area contributed by atoms with Crippen molar-refractivity contribution >= 4 is 35.0 Å². The number of hydrogen-bond donors (Lipinski definition) is 0. The first-order valence-corrected chi connectivity index (χ1v) is 10.5. The van der Waals surface area contributed by atoms with Gasteiger partial charge in [0.15, 0.2) is 5.82 Å². The molecular weight excluding hydrogens is 424 g/mol. The average Bonchev–Trinajstić information content (AvgIpc) is 3.08. The molecule has 0 radical (unpaired) electrons. The van der Waals surface area contributed by atoms with Gasteiger partial charge in [-0.1, -0.05) is 35.4 Å². The van der Waals surface area contributed by atoms with Gasteiger partial charge in [0, 0.05) is 55.2 Å². The highest BCUT2D eigenvalue weighted by Gasteiger charge is 2.17. The van der Waals surface area contributed by atoms with E-state index in [1.807, 2.05) is 19.2 Å². The largest absolute Gasteiger partial charge is 0.369 e. The third-order valence-electron chi connectivity index (χ3n) is 5.23. The first-order valence-electron chi connectivity index (χ1n) is 9.77. The van der Waals surface area contributed by atoms with Gasteiger partial charge < -0.3 is 4.90 Å². The van der Waals surface area contributed by atoms with Crippen LogP contribution in [0.2, 0.25) is 10.0 Å². The van der Waals surface area contributed by atoms with E-state index < -0.39 is 0 Å². The molecule has 5 nitrogen and oxygen atoms in total. The summed E-state index contributed by atoms with van der Waals surface area (Å²) >= 11 is 12.2. The summed E-state index contributed by atoms with van der Waals surface area (Å²) in [5, 5.41) is 5.42. The quantitative estimate of drug-likeness (QED) is 0.561. The predicted octanol–water partition coefficient (Wildman–Crippen LogP) is 4.86. The Labute approximate surface area is 185 Å². The van der Waals surface area contributed by atoms with Gasteiger partial charge in [-0.2, -0.15) is 5.10 Å². The van der Waals surface area contributed by atoms with Crippen molar-refractivity contribution in [3.8, 4) is 5.82 Å². The Morgan fingerprint density at radius 1 is 1.13 bits per heavy atom. The van der Waals surface area contributed by atoms with Crippen molar-refractivity contribution in [1.82, 2.24) is 19.7 Å². The van der Waals surface area contributed by atoms with Crippen LogP contribution >= 0.6 is 23.2 Å². The summed E-state index contributed by atoms with van der Waals surface area (Å²) < 4.78 is 15.4. The van der Waals surface area contributed by atoms with Crippen molar-refractivity contribution in [1.29, 1.82) is 0 Å². The Morgan fingerprint density at radius 2 is 1.93 bits per heavy atom. The molecule has 1 aliphatic rings. The van der Waals surface area contributed by atoms with E-state index in [9.17, 15) is 4.39 Å². The number of rotatable bonds is 5. The van der Waals surface area contributed by atoms with E-state index in [-0.39, 0.29) is 5.82 Å². The van der Waals surface area contributed by atoms with E-state index in [0.29, 0.717) is 15.9 Å². The number of piperazine rings is 1. The van der Waals surface area contributed by atoms with Crippen molar-refractivity contribution in [3.63, 3.8) is 0 Å². The molecule has 3 aromatic rings. The average molecular weight is 446 g/mol. The van der Waals surface area contributed by atoms with E-state index in [4.69, 9.17) is 23.2 Å². The third kappa shape index (κ3) is 4.67. The van der Waals surface area contributed by atoms with Gasteiger partial charge in [0.1, 0.15) is 5.82 Å². The summed E-state index contributed by atoms with van der Waals surface area (Å²) in [6.45, 7) is 6.32. The number of benzene rings is 1. The van der Waals surface area contributed by atoms with Crippen LogP contribution in [0.15, 0.2) is 48.8 Å². The lowest BCUT2D eigenvalue weighted by atomic mass is 10.2. The van der Waals surface area contributed by atoms with Crippen LogP contribution in [0.4, 0.5) is 10.1 Å². The van der Waals surface area contributed by atoms with Crippen molar-refractivity contribution in [2.45, 2.75) is 6.92 Å². The first-order chi connectivity index (χ1) is 14.5. The zero-order chi connectivity index (χ0) is 21.1. The van der Waals surface area contributed by atoms with Gasteiger partial charge in [0.2, 0.25) is 0 Å². The predicted molar refractivity (Wildman–Crippen MR) is 120 cm³/mol. The number of nitrogens with zero attached hydrogens (tertiary/aromatic N) is 5. The van der Waals surface area contributed by atoms with Crippen LogP contribution in [-0.4, -0.2) is 52.4 Å². The lowest BCUT2D eigenvalue weighted by molar-refractivity contribution is 0.284. The van der Waals surface area contributed by atoms with E-state index in [1.54, 1.807) is 23.0 Å². The molecule has 3 heterocycles. The maximum atomic E-state index is 13.6. The minimum Gasteiger partial charge on any atom is -0.369 e. The van der Waals surface area contributed by atoms with Gasteiger partial charge in [-0.15, -0.1) is 0 Å². The molecule has 1 aliphatic heterocycles. The molecular formula is C22H22Cl2FN5. The SMILES string of the molecule is Cc1c(/C=C/CN2CCN(c3cc(F)cc(Cl)c3)CC2)cnn1-c1ncccc1Cl. The molecule has 4 rings (SSSR count). The van der Waals surface area contributed by atoms with Crippen LogP contribution in [0.1, 0.15) is 11.3 Å². The summed E-state index contributed by atoms with van der Waals surface area (Å²) in [5.41, 5.74) is 2.86. The molecule has 1 aromatic carbocycles. The molecule has 8 heteroatoms. The molecule has 0 saturated carbocycles. The Hall–Kier alpha value is -2.41. The molecule has 156 valence electrons. The van der Waals surface area contributed by atoms with Crippen LogP contribution in [0.5, 0.6) is 0 Å². The molecule has 0 aliphatic carbocycles.